The molecule has 0 atom stereocenters. The van der Waals surface area contributed by atoms with Crippen molar-refractivity contribution in [2.75, 3.05) is 7.11 Å². The van der Waals surface area contributed by atoms with E-state index in [2.05, 4.69) is 18.2 Å². The summed E-state index contributed by atoms with van der Waals surface area (Å²) in [6.45, 7) is 0. The van der Waals surface area contributed by atoms with Gasteiger partial charge in [-0.2, -0.15) is 0 Å². The Bertz CT molecular complexity index is 679. The molecule has 3 rings (SSSR count). The van der Waals surface area contributed by atoms with Gasteiger partial charge in [0.1, 0.15) is 11.5 Å². The molecule has 1 aliphatic rings. The highest BCUT2D eigenvalue weighted by atomic mass is 16.5. The van der Waals surface area contributed by atoms with Crippen LogP contribution >= 0.6 is 0 Å². The standard InChI is InChI=1S/C22H26O2/c1-24-21-13-11-17(12-14-21)15-20(18-7-3-2-4-8-18)16-19-9-5-6-10-22(19)23/h5-6,9-15,18,23H,2-4,7-8,16H2,1H3/b20-15+. The predicted molar refractivity (Wildman–Crippen MR) is 99.4 cm³/mol. The molecule has 0 heterocycles. The monoisotopic (exact) mass is 322 g/mol. The number of phenolic OH excluding ortho intramolecular Hbond substituents is 1. The van der Waals surface area contributed by atoms with E-state index in [1.54, 1.807) is 13.2 Å². The van der Waals surface area contributed by atoms with E-state index in [0.717, 1.165) is 17.7 Å². The lowest BCUT2D eigenvalue weighted by atomic mass is 9.80. The molecule has 2 aromatic carbocycles. The first-order chi connectivity index (χ1) is 11.8. The van der Waals surface area contributed by atoms with Crippen LogP contribution in [0.3, 0.4) is 0 Å². The highest BCUT2D eigenvalue weighted by Crippen LogP contribution is 2.34. The normalized spacial score (nSPS) is 16.1. The summed E-state index contributed by atoms with van der Waals surface area (Å²) in [4.78, 5) is 0. The Labute approximate surface area is 144 Å². The molecule has 2 aromatic rings. The summed E-state index contributed by atoms with van der Waals surface area (Å²) >= 11 is 0. The van der Waals surface area contributed by atoms with E-state index in [-0.39, 0.29) is 0 Å². The topological polar surface area (TPSA) is 29.5 Å². The van der Waals surface area contributed by atoms with Crippen LogP contribution in [0.2, 0.25) is 0 Å². The van der Waals surface area contributed by atoms with Crippen LogP contribution in [0, 0.1) is 5.92 Å². The summed E-state index contributed by atoms with van der Waals surface area (Å²) in [5.74, 6) is 1.90. The lowest BCUT2D eigenvalue weighted by Gasteiger charge is -2.25. The quantitative estimate of drug-likeness (QED) is 0.775. The Kier molecular flexibility index (Phi) is 5.58. The van der Waals surface area contributed by atoms with Gasteiger partial charge in [-0.3, -0.25) is 0 Å². The fourth-order valence-electron chi connectivity index (χ4n) is 3.58. The first-order valence-corrected chi connectivity index (χ1v) is 8.87. The maximum absolute atomic E-state index is 10.1. The second-order valence-corrected chi connectivity index (χ2v) is 6.63. The van der Waals surface area contributed by atoms with Crippen LogP contribution < -0.4 is 4.74 Å². The van der Waals surface area contributed by atoms with E-state index >= 15 is 0 Å². The molecule has 2 heteroatoms. The maximum Gasteiger partial charge on any atom is 0.119 e. The van der Waals surface area contributed by atoms with Gasteiger partial charge in [-0.15, -0.1) is 0 Å². The zero-order chi connectivity index (χ0) is 16.8. The molecule has 2 nitrogen and oxygen atoms in total. The van der Waals surface area contributed by atoms with Gasteiger partial charge in [0.2, 0.25) is 0 Å². The summed E-state index contributed by atoms with van der Waals surface area (Å²) in [6, 6.07) is 15.9. The number of aromatic hydroxyl groups is 1. The van der Waals surface area contributed by atoms with Crippen molar-refractivity contribution in [2.24, 2.45) is 5.92 Å². The molecule has 24 heavy (non-hydrogen) atoms. The summed E-state index contributed by atoms with van der Waals surface area (Å²) in [5.41, 5.74) is 3.65. The van der Waals surface area contributed by atoms with Crippen LogP contribution in [0.5, 0.6) is 11.5 Å². The zero-order valence-corrected chi connectivity index (χ0v) is 14.4. The summed E-state index contributed by atoms with van der Waals surface area (Å²) in [6.07, 6.45) is 9.62. The molecule has 1 aliphatic carbocycles. The molecule has 0 bridgehead atoms. The van der Waals surface area contributed by atoms with E-state index in [1.165, 1.54) is 43.2 Å². The van der Waals surface area contributed by atoms with Crippen molar-refractivity contribution < 1.29 is 9.84 Å². The molecule has 1 saturated carbocycles. The Balaban J connectivity index is 1.88. The van der Waals surface area contributed by atoms with Gasteiger partial charge in [0.05, 0.1) is 7.11 Å². The summed E-state index contributed by atoms with van der Waals surface area (Å²) < 4.78 is 5.25. The van der Waals surface area contributed by atoms with Crippen molar-refractivity contribution >= 4 is 6.08 Å². The van der Waals surface area contributed by atoms with Crippen LogP contribution in [-0.4, -0.2) is 12.2 Å². The molecular weight excluding hydrogens is 296 g/mol. The highest BCUT2D eigenvalue weighted by Gasteiger charge is 2.19. The molecule has 0 amide bonds. The third-order valence-electron chi connectivity index (χ3n) is 4.98. The van der Waals surface area contributed by atoms with Gasteiger partial charge < -0.3 is 9.84 Å². The van der Waals surface area contributed by atoms with Crippen molar-refractivity contribution in [3.63, 3.8) is 0 Å². The number of allylic oxidation sites excluding steroid dienone is 1. The summed E-state index contributed by atoms with van der Waals surface area (Å²) in [5, 5.41) is 10.1. The molecule has 0 saturated heterocycles. The minimum absolute atomic E-state index is 0.397. The second kappa shape index (κ2) is 8.05. The molecule has 0 aliphatic heterocycles. The number of hydrogen-bond acceptors (Lipinski definition) is 2. The van der Waals surface area contributed by atoms with Crippen LogP contribution in [0.4, 0.5) is 0 Å². The smallest absolute Gasteiger partial charge is 0.119 e. The van der Waals surface area contributed by atoms with Gasteiger partial charge in [-0.05, 0) is 54.5 Å². The lowest BCUT2D eigenvalue weighted by Crippen LogP contribution is -2.11. The fraction of sp³-hybridized carbons (Fsp3) is 0.364. The molecule has 0 unspecified atom stereocenters. The van der Waals surface area contributed by atoms with Crippen molar-refractivity contribution in [3.8, 4) is 11.5 Å². The summed E-state index contributed by atoms with van der Waals surface area (Å²) in [7, 11) is 1.69. The maximum atomic E-state index is 10.1. The molecule has 1 fully saturated rings. The number of ether oxygens (including phenoxy) is 1. The number of hydrogen-bond donors (Lipinski definition) is 1. The number of benzene rings is 2. The van der Waals surface area contributed by atoms with E-state index in [9.17, 15) is 5.11 Å². The van der Waals surface area contributed by atoms with Crippen molar-refractivity contribution in [1.29, 1.82) is 0 Å². The van der Waals surface area contributed by atoms with Crippen LogP contribution in [0.25, 0.3) is 6.08 Å². The number of para-hydroxylation sites is 1. The Morgan fingerprint density at radius 1 is 1.04 bits per heavy atom. The van der Waals surface area contributed by atoms with Gasteiger partial charge in [0, 0.05) is 0 Å². The van der Waals surface area contributed by atoms with Crippen molar-refractivity contribution in [3.05, 3.63) is 65.2 Å². The largest absolute Gasteiger partial charge is 0.508 e. The van der Waals surface area contributed by atoms with E-state index < -0.39 is 0 Å². The molecule has 1 N–H and O–H groups in total. The molecule has 0 radical (unpaired) electrons. The fourth-order valence-corrected chi connectivity index (χ4v) is 3.58. The average molecular weight is 322 g/mol. The average Bonchev–Trinajstić information content (AvgIpc) is 2.64. The SMILES string of the molecule is COc1ccc(/C=C(\Cc2ccccc2O)C2CCCCC2)cc1. The highest BCUT2D eigenvalue weighted by molar-refractivity contribution is 5.56. The molecular formula is C22H26O2. The first-order valence-electron chi connectivity index (χ1n) is 8.87. The minimum Gasteiger partial charge on any atom is -0.508 e. The van der Waals surface area contributed by atoms with Crippen LogP contribution in [-0.2, 0) is 6.42 Å². The second-order valence-electron chi connectivity index (χ2n) is 6.63. The first kappa shape index (κ1) is 16.6. The van der Waals surface area contributed by atoms with Crippen LogP contribution in [0.15, 0.2) is 54.1 Å². The molecule has 126 valence electrons. The Morgan fingerprint density at radius 2 is 1.75 bits per heavy atom. The van der Waals surface area contributed by atoms with Crippen LogP contribution in [0.1, 0.15) is 43.2 Å². The lowest BCUT2D eigenvalue weighted by molar-refractivity contribution is 0.398. The van der Waals surface area contributed by atoms with Crippen molar-refractivity contribution in [2.45, 2.75) is 38.5 Å². The van der Waals surface area contributed by atoms with E-state index in [0.29, 0.717) is 11.7 Å². The third-order valence-corrected chi connectivity index (χ3v) is 4.98. The zero-order valence-electron chi connectivity index (χ0n) is 14.4. The van der Waals surface area contributed by atoms with Gasteiger partial charge in [0.15, 0.2) is 0 Å². The number of phenols is 1. The van der Waals surface area contributed by atoms with Gasteiger partial charge in [-0.1, -0.05) is 61.2 Å². The molecule has 0 spiro atoms. The van der Waals surface area contributed by atoms with E-state index in [4.69, 9.17) is 4.74 Å². The van der Waals surface area contributed by atoms with Gasteiger partial charge in [0.25, 0.3) is 0 Å². The number of rotatable bonds is 5. The minimum atomic E-state index is 0.397. The van der Waals surface area contributed by atoms with Gasteiger partial charge >= 0.3 is 0 Å². The third kappa shape index (κ3) is 4.19. The molecule has 0 aromatic heterocycles. The number of methoxy groups -OCH3 is 1. The van der Waals surface area contributed by atoms with Gasteiger partial charge in [-0.25, -0.2) is 0 Å². The predicted octanol–water partition coefficient (Wildman–Crippen LogP) is 5.61. The van der Waals surface area contributed by atoms with E-state index in [1.807, 2.05) is 30.3 Å². The van der Waals surface area contributed by atoms with Crippen molar-refractivity contribution in [1.82, 2.24) is 0 Å². The Hall–Kier alpha value is -2.22. The Morgan fingerprint density at radius 3 is 2.42 bits per heavy atom.